The van der Waals surface area contributed by atoms with Crippen LogP contribution in [0.25, 0.3) is 0 Å². The number of nitrogens with two attached hydrogens (primary N) is 1. The Bertz CT molecular complexity index is 457. The molecule has 1 aromatic rings. The zero-order valence-corrected chi connectivity index (χ0v) is 9.86. The summed E-state index contributed by atoms with van der Waals surface area (Å²) in [7, 11) is 0. The number of fused-ring (bicyclic) bond motifs is 1. The Morgan fingerprint density at radius 1 is 1.53 bits per heavy atom. The number of hydrogen-bond acceptors (Lipinski definition) is 4. The molecular weight excluding hydrogens is 220 g/mol. The Labute approximate surface area is 99.6 Å². The van der Waals surface area contributed by atoms with Crippen LogP contribution in [0.5, 0.6) is 5.75 Å². The number of carbonyl (C=O) groups is 1. The summed E-state index contributed by atoms with van der Waals surface area (Å²) in [5.74, 6) is 0.395. The van der Waals surface area contributed by atoms with Gasteiger partial charge in [-0.05, 0) is 31.5 Å². The smallest absolute Gasteiger partial charge is 0.268 e. The van der Waals surface area contributed by atoms with Gasteiger partial charge in [0.1, 0.15) is 5.75 Å². The van der Waals surface area contributed by atoms with Gasteiger partial charge in [0, 0.05) is 6.54 Å². The largest absolute Gasteiger partial charge is 0.476 e. The second-order valence-electron chi connectivity index (χ2n) is 4.57. The van der Waals surface area contributed by atoms with Crippen LogP contribution < -0.4 is 15.8 Å². The summed E-state index contributed by atoms with van der Waals surface area (Å²) < 4.78 is 5.57. The van der Waals surface area contributed by atoms with Gasteiger partial charge in [-0.1, -0.05) is 6.07 Å². The van der Waals surface area contributed by atoms with Gasteiger partial charge in [-0.15, -0.1) is 0 Å². The minimum atomic E-state index is -0.874. The van der Waals surface area contributed by atoms with Crippen molar-refractivity contribution < 1.29 is 14.6 Å². The summed E-state index contributed by atoms with van der Waals surface area (Å²) in [4.78, 5) is 11.7. The number of aliphatic hydroxyl groups excluding tert-OH is 1. The van der Waals surface area contributed by atoms with Crippen LogP contribution in [0.1, 0.15) is 25.5 Å². The van der Waals surface area contributed by atoms with Gasteiger partial charge in [-0.3, -0.25) is 4.79 Å². The summed E-state index contributed by atoms with van der Waals surface area (Å²) in [6.45, 7) is 3.54. The minimum Gasteiger partial charge on any atom is -0.476 e. The molecule has 1 aliphatic heterocycles. The fraction of sp³-hybridized carbons (Fsp3) is 0.417. The fourth-order valence-electron chi connectivity index (χ4n) is 1.67. The van der Waals surface area contributed by atoms with Crippen LogP contribution in [0.3, 0.4) is 0 Å². The minimum absolute atomic E-state index is 0.138. The second-order valence-corrected chi connectivity index (χ2v) is 4.57. The lowest BCUT2D eigenvalue weighted by atomic mass is 10.0. The standard InChI is InChI=1S/C12H16N2O3/c1-12(2)11(16)14-8-5-7(9(15)6-13)3-4-10(8)17-12/h3-5,9,15H,6,13H2,1-2H3,(H,14,16). The van der Waals surface area contributed by atoms with Gasteiger partial charge in [0.25, 0.3) is 5.91 Å². The van der Waals surface area contributed by atoms with E-state index in [0.29, 0.717) is 17.0 Å². The van der Waals surface area contributed by atoms with Gasteiger partial charge in [0.2, 0.25) is 0 Å². The number of rotatable bonds is 2. The molecule has 1 amide bonds. The Hall–Kier alpha value is -1.59. The number of anilines is 1. The molecule has 0 spiro atoms. The Morgan fingerprint density at radius 2 is 2.24 bits per heavy atom. The lowest BCUT2D eigenvalue weighted by molar-refractivity contribution is -0.129. The maximum atomic E-state index is 11.7. The van der Waals surface area contributed by atoms with Crippen molar-refractivity contribution in [1.82, 2.24) is 0 Å². The third-order valence-corrected chi connectivity index (χ3v) is 2.77. The summed E-state index contributed by atoms with van der Waals surface area (Å²) in [6, 6.07) is 5.15. The predicted molar refractivity (Wildman–Crippen MR) is 63.8 cm³/mol. The summed E-state index contributed by atoms with van der Waals surface area (Å²) in [5.41, 5.74) is 5.74. The van der Waals surface area contributed by atoms with Crippen molar-refractivity contribution in [3.63, 3.8) is 0 Å². The second kappa shape index (κ2) is 4.01. The molecule has 0 aliphatic carbocycles. The third-order valence-electron chi connectivity index (χ3n) is 2.77. The molecule has 1 unspecified atom stereocenters. The first kappa shape index (κ1) is 11.9. The number of aliphatic hydroxyl groups is 1. The van der Waals surface area contributed by atoms with Crippen LogP contribution in [0, 0.1) is 0 Å². The molecule has 0 fully saturated rings. The summed E-state index contributed by atoms with van der Waals surface area (Å²) in [6.07, 6.45) is -0.730. The highest BCUT2D eigenvalue weighted by atomic mass is 16.5. The summed E-state index contributed by atoms with van der Waals surface area (Å²) in [5, 5.41) is 12.4. The molecule has 17 heavy (non-hydrogen) atoms. The van der Waals surface area contributed by atoms with Crippen molar-refractivity contribution in [2.45, 2.75) is 25.6 Å². The highest BCUT2D eigenvalue weighted by molar-refractivity contribution is 6.00. The fourth-order valence-corrected chi connectivity index (χ4v) is 1.67. The van der Waals surface area contributed by atoms with E-state index in [1.807, 2.05) is 0 Å². The number of benzene rings is 1. The molecular formula is C12H16N2O3. The first-order valence-electron chi connectivity index (χ1n) is 5.46. The zero-order chi connectivity index (χ0) is 12.6. The highest BCUT2D eigenvalue weighted by Crippen LogP contribution is 2.35. The van der Waals surface area contributed by atoms with Gasteiger partial charge >= 0.3 is 0 Å². The van der Waals surface area contributed by atoms with Crippen molar-refractivity contribution in [2.24, 2.45) is 5.73 Å². The first-order valence-corrected chi connectivity index (χ1v) is 5.46. The average molecular weight is 236 g/mol. The van der Waals surface area contributed by atoms with E-state index in [9.17, 15) is 9.90 Å². The van der Waals surface area contributed by atoms with Crippen LogP contribution >= 0.6 is 0 Å². The molecule has 2 rings (SSSR count). The predicted octanol–water partition coefficient (Wildman–Crippen LogP) is 0.788. The monoisotopic (exact) mass is 236 g/mol. The summed E-state index contributed by atoms with van der Waals surface area (Å²) >= 11 is 0. The maximum Gasteiger partial charge on any atom is 0.268 e. The van der Waals surface area contributed by atoms with Crippen LogP contribution in [0.4, 0.5) is 5.69 Å². The van der Waals surface area contributed by atoms with E-state index in [1.54, 1.807) is 32.0 Å². The van der Waals surface area contributed by atoms with E-state index in [4.69, 9.17) is 10.5 Å². The van der Waals surface area contributed by atoms with Crippen LogP contribution in [-0.2, 0) is 4.79 Å². The van der Waals surface area contributed by atoms with Crippen molar-refractivity contribution in [1.29, 1.82) is 0 Å². The molecule has 0 bridgehead atoms. The molecule has 92 valence electrons. The third kappa shape index (κ3) is 2.11. The van der Waals surface area contributed by atoms with Crippen LogP contribution in [-0.4, -0.2) is 23.2 Å². The quantitative estimate of drug-likeness (QED) is 0.708. The van der Waals surface area contributed by atoms with E-state index < -0.39 is 11.7 Å². The van der Waals surface area contributed by atoms with Crippen molar-refractivity contribution in [3.05, 3.63) is 23.8 Å². The first-order chi connectivity index (χ1) is 7.94. The topological polar surface area (TPSA) is 84.6 Å². The molecule has 1 heterocycles. The van der Waals surface area contributed by atoms with Crippen molar-refractivity contribution in [3.8, 4) is 5.75 Å². The van der Waals surface area contributed by atoms with E-state index >= 15 is 0 Å². The Morgan fingerprint density at radius 3 is 2.88 bits per heavy atom. The zero-order valence-electron chi connectivity index (χ0n) is 9.86. The Balaban J connectivity index is 2.36. The number of ether oxygens (including phenoxy) is 1. The van der Waals surface area contributed by atoms with Gasteiger partial charge in [0.05, 0.1) is 11.8 Å². The molecule has 5 nitrogen and oxygen atoms in total. The molecule has 1 atom stereocenters. The van der Waals surface area contributed by atoms with Gasteiger partial charge in [0.15, 0.2) is 5.60 Å². The van der Waals surface area contributed by atoms with Crippen LogP contribution in [0.15, 0.2) is 18.2 Å². The molecule has 0 saturated heterocycles. The van der Waals surface area contributed by atoms with E-state index in [2.05, 4.69) is 5.32 Å². The van der Waals surface area contributed by atoms with Gasteiger partial charge < -0.3 is 20.9 Å². The molecule has 4 N–H and O–H groups in total. The highest BCUT2D eigenvalue weighted by Gasteiger charge is 2.35. The SMILES string of the molecule is CC1(C)Oc2ccc(C(O)CN)cc2NC1=O. The molecule has 5 heteroatoms. The van der Waals surface area contributed by atoms with Crippen molar-refractivity contribution >= 4 is 11.6 Å². The number of carbonyl (C=O) groups excluding carboxylic acids is 1. The Kier molecular flexibility index (Phi) is 2.81. The van der Waals surface area contributed by atoms with E-state index in [0.717, 1.165) is 0 Å². The number of amides is 1. The number of nitrogens with one attached hydrogen (secondary N) is 1. The van der Waals surface area contributed by atoms with Gasteiger partial charge in [-0.2, -0.15) is 0 Å². The molecule has 0 saturated carbocycles. The van der Waals surface area contributed by atoms with Gasteiger partial charge in [-0.25, -0.2) is 0 Å². The lowest BCUT2D eigenvalue weighted by Crippen LogP contribution is -2.45. The molecule has 0 radical (unpaired) electrons. The van der Waals surface area contributed by atoms with E-state index in [1.165, 1.54) is 0 Å². The lowest BCUT2D eigenvalue weighted by Gasteiger charge is -2.31. The van der Waals surface area contributed by atoms with Crippen molar-refractivity contribution in [2.75, 3.05) is 11.9 Å². The van der Waals surface area contributed by atoms with E-state index in [-0.39, 0.29) is 12.5 Å². The normalized spacial score (nSPS) is 18.9. The molecule has 1 aliphatic rings. The number of hydrogen-bond donors (Lipinski definition) is 3. The van der Waals surface area contributed by atoms with Crippen LogP contribution in [0.2, 0.25) is 0 Å². The average Bonchev–Trinajstić information content (AvgIpc) is 2.28. The molecule has 1 aromatic carbocycles. The molecule has 0 aromatic heterocycles. The maximum absolute atomic E-state index is 11.7.